The molecule has 0 bridgehead atoms. The zero-order chi connectivity index (χ0) is 13.6. The number of rotatable bonds is 7. The normalized spacial score (nSPS) is 16.9. The largest absolute Gasteiger partial charge is 0.366 e. The predicted molar refractivity (Wildman–Crippen MR) is 80.9 cm³/mol. The summed E-state index contributed by atoms with van der Waals surface area (Å²) in [6.45, 7) is 12.4. The third kappa shape index (κ3) is 5.19. The molecule has 18 heavy (non-hydrogen) atoms. The summed E-state index contributed by atoms with van der Waals surface area (Å²) < 4.78 is 5.63. The summed E-state index contributed by atoms with van der Waals surface area (Å²) in [5, 5.41) is 10.7. The van der Waals surface area contributed by atoms with Crippen molar-refractivity contribution in [1.29, 1.82) is 5.41 Å². The van der Waals surface area contributed by atoms with Crippen molar-refractivity contribution in [3.8, 4) is 0 Å². The predicted octanol–water partition coefficient (Wildman–Crippen LogP) is 3.53. The average molecular weight is 266 g/mol. The zero-order valence-corrected chi connectivity index (χ0v) is 12.9. The molecule has 0 atom stereocenters. The molecule has 3 nitrogen and oxygen atoms in total. The minimum atomic E-state index is -0.993. The molecular formula is C14H26N2OSi. The summed E-state index contributed by atoms with van der Waals surface area (Å²) in [5.74, 6) is 0. The molecule has 0 fully saturated rings. The van der Waals surface area contributed by atoms with Crippen LogP contribution in [0.4, 0.5) is 0 Å². The number of hydrogen-bond acceptors (Lipinski definition) is 3. The molecule has 1 rings (SSSR count). The third-order valence-electron chi connectivity index (χ3n) is 3.14. The van der Waals surface area contributed by atoms with Crippen LogP contribution >= 0.6 is 0 Å². The van der Waals surface area contributed by atoms with Gasteiger partial charge in [-0.2, -0.15) is 0 Å². The highest BCUT2D eigenvalue weighted by atomic mass is 28.3. The minimum absolute atomic E-state index is 0.546. The van der Waals surface area contributed by atoms with Gasteiger partial charge in [0.05, 0.1) is 0 Å². The van der Waals surface area contributed by atoms with Gasteiger partial charge in [-0.15, -0.1) is 0 Å². The van der Waals surface area contributed by atoms with E-state index in [1.807, 2.05) is 0 Å². The first kappa shape index (κ1) is 15.2. The summed E-state index contributed by atoms with van der Waals surface area (Å²) in [4.78, 5) is 0. The Morgan fingerprint density at radius 3 is 2.72 bits per heavy atom. The van der Waals surface area contributed by atoms with E-state index in [1.165, 1.54) is 12.3 Å². The fourth-order valence-electron chi connectivity index (χ4n) is 1.92. The van der Waals surface area contributed by atoms with Crippen molar-refractivity contribution in [3.63, 3.8) is 0 Å². The maximum Gasteiger partial charge on any atom is 0.116 e. The van der Waals surface area contributed by atoms with E-state index in [9.17, 15) is 0 Å². The lowest BCUT2D eigenvalue weighted by Gasteiger charge is -2.21. The van der Waals surface area contributed by atoms with E-state index < -0.39 is 8.07 Å². The second-order valence-electron chi connectivity index (χ2n) is 6.03. The van der Waals surface area contributed by atoms with Crippen LogP contribution < -0.4 is 5.32 Å². The van der Waals surface area contributed by atoms with Crippen LogP contribution in [0.1, 0.15) is 19.3 Å². The fraction of sp³-hybridized carbons (Fsp3) is 0.643. The molecule has 0 amide bonds. The Labute approximate surface area is 112 Å². The summed E-state index contributed by atoms with van der Waals surface area (Å²) in [6, 6.07) is 1.19. The summed E-state index contributed by atoms with van der Waals surface area (Å²) in [7, 11) is -0.993. The lowest BCUT2D eigenvalue weighted by atomic mass is 9.93. The monoisotopic (exact) mass is 266 g/mol. The SMILES string of the molecule is C=C1CCCC(NCOCC[Si](C)(C)C)=C1C=N. The van der Waals surface area contributed by atoms with Gasteiger partial charge in [0.25, 0.3) is 0 Å². The van der Waals surface area contributed by atoms with Gasteiger partial charge in [-0.05, 0) is 30.9 Å². The molecule has 0 radical (unpaired) electrons. The first-order valence-electron chi connectivity index (χ1n) is 6.67. The van der Waals surface area contributed by atoms with E-state index in [0.29, 0.717) is 6.73 Å². The lowest BCUT2D eigenvalue weighted by molar-refractivity contribution is 0.134. The summed E-state index contributed by atoms with van der Waals surface area (Å²) in [6.07, 6.45) is 4.53. The number of ether oxygens (including phenoxy) is 1. The van der Waals surface area contributed by atoms with Crippen LogP contribution in [0, 0.1) is 5.41 Å². The first-order valence-corrected chi connectivity index (χ1v) is 10.4. The van der Waals surface area contributed by atoms with Crippen LogP contribution in [0.5, 0.6) is 0 Å². The molecule has 102 valence electrons. The first-order chi connectivity index (χ1) is 8.44. The molecule has 0 saturated heterocycles. The van der Waals surface area contributed by atoms with Crippen LogP contribution in [0.3, 0.4) is 0 Å². The van der Waals surface area contributed by atoms with E-state index in [4.69, 9.17) is 10.1 Å². The molecule has 0 heterocycles. The molecule has 1 aliphatic carbocycles. The smallest absolute Gasteiger partial charge is 0.116 e. The molecule has 0 aliphatic heterocycles. The van der Waals surface area contributed by atoms with Crippen molar-refractivity contribution in [2.45, 2.75) is 44.9 Å². The highest BCUT2D eigenvalue weighted by Gasteiger charge is 2.14. The molecule has 2 N–H and O–H groups in total. The third-order valence-corrected chi connectivity index (χ3v) is 4.84. The standard InChI is InChI=1S/C14H26N2OSi/c1-12-6-5-7-14(13(12)10-15)16-11-17-8-9-18(2,3)4/h10,15-16H,1,5-9,11H2,2-4H3. The van der Waals surface area contributed by atoms with Crippen molar-refractivity contribution < 1.29 is 4.74 Å². The highest BCUT2D eigenvalue weighted by molar-refractivity contribution is 6.76. The Kier molecular flexibility index (Phi) is 5.82. The van der Waals surface area contributed by atoms with E-state index in [1.54, 1.807) is 0 Å². The van der Waals surface area contributed by atoms with E-state index in [2.05, 4.69) is 31.5 Å². The Bertz CT molecular complexity index is 342. The topological polar surface area (TPSA) is 45.1 Å². The Morgan fingerprint density at radius 1 is 1.39 bits per heavy atom. The Balaban J connectivity index is 2.34. The van der Waals surface area contributed by atoms with Gasteiger partial charge in [0.2, 0.25) is 0 Å². The van der Waals surface area contributed by atoms with Crippen LogP contribution in [0.25, 0.3) is 0 Å². The molecule has 0 saturated carbocycles. The molecule has 0 unspecified atom stereocenters. The van der Waals surface area contributed by atoms with Crippen molar-refractivity contribution in [2.75, 3.05) is 13.3 Å². The maximum absolute atomic E-state index is 7.44. The second kappa shape index (κ2) is 6.90. The van der Waals surface area contributed by atoms with Gasteiger partial charge in [0, 0.05) is 32.2 Å². The molecule has 0 spiro atoms. The minimum Gasteiger partial charge on any atom is -0.366 e. The van der Waals surface area contributed by atoms with Gasteiger partial charge in [-0.1, -0.05) is 26.2 Å². The molecule has 0 aromatic heterocycles. The van der Waals surface area contributed by atoms with Crippen LogP contribution in [-0.4, -0.2) is 27.6 Å². The van der Waals surface area contributed by atoms with Crippen molar-refractivity contribution in [1.82, 2.24) is 5.32 Å². The molecule has 0 aromatic carbocycles. The van der Waals surface area contributed by atoms with Gasteiger partial charge >= 0.3 is 0 Å². The molecule has 0 aromatic rings. The number of hydrogen-bond donors (Lipinski definition) is 2. The van der Waals surface area contributed by atoms with Gasteiger partial charge in [0.15, 0.2) is 0 Å². The second-order valence-corrected chi connectivity index (χ2v) is 11.7. The number of allylic oxidation sites excluding steroid dienone is 3. The maximum atomic E-state index is 7.44. The Hall–Kier alpha value is -0.873. The quantitative estimate of drug-likeness (QED) is 0.320. The zero-order valence-electron chi connectivity index (χ0n) is 11.9. The van der Waals surface area contributed by atoms with Crippen LogP contribution in [0.2, 0.25) is 25.7 Å². The van der Waals surface area contributed by atoms with E-state index in [0.717, 1.165) is 42.7 Å². The van der Waals surface area contributed by atoms with Gasteiger partial charge in [0.1, 0.15) is 6.73 Å². The van der Waals surface area contributed by atoms with Crippen molar-refractivity contribution in [2.24, 2.45) is 0 Å². The van der Waals surface area contributed by atoms with Crippen LogP contribution in [0.15, 0.2) is 23.4 Å². The summed E-state index contributed by atoms with van der Waals surface area (Å²) >= 11 is 0. The fourth-order valence-corrected chi connectivity index (χ4v) is 2.68. The van der Waals surface area contributed by atoms with E-state index >= 15 is 0 Å². The van der Waals surface area contributed by atoms with Gasteiger partial charge < -0.3 is 15.5 Å². The Morgan fingerprint density at radius 2 is 2.11 bits per heavy atom. The van der Waals surface area contributed by atoms with Crippen LogP contribution in [-0.2, 0) is 4.74 Å². The average Bonchev–Trinajstić information content (AvgIpc) is 2.27. The highest BCUT2D eigenvalue weighted by Crippen LogP contribution is 2.25. The van der Waals surface area contributed by atoms with Crippen molar-refractivity contribution in [3.05, 3.63) is 23.4 Å². The van der Waals surface area contributed by atoms with Crippen molar-refractivity contribution >= 4 is 14.3 Å². The molecule has 4 heteroatoms. The number of nitrogens with one attached hydrogen (secondary N) is 2. The van der Waals surface area contributed by atoms with E-state index in [-0.39, 0.29) is 0 Å². The van der Waals surface area contributed by atoms with Gasteiger partial charge in [-0.3, -0.25) is 0 Å². The van der Waals surface area contributed by atoms with Gasteiger partial charge in [-0.25, -0.2) is 0 Å². The lowest BCUT2D eigenvalue weighted by Crippen LogP contribution is -2.25. The molecule has 1 aliphatic rings. The molecular weight excluding hydrogens is 240 g/mol. The summed E-state index contributed by atoms with van der Waals surface area (Å²) in [5.41, 5.74) is 3.16.